The van der Waals surface area contributed by atoms with Crippen molar-refractivity contribution in [3.63, 3.8) is 0 Å². The lowest BCUT2D eigenvalue weighted by Crippen LogP contribution is -2.34. The predicted octanol–water partition coefficient (Wildman–Crippen LogP) is 5.66. The highest BCUT2D eigenvalue weighted by Gasteiger charge is 2.11. The minimum atomic E-state index is -0.318. The lowest BCUT2D eigenvalue weighted by molar-refractivity contribution is 0.0977. The van der Waals surface area contributed by atoms with E-state index in [4.69, 9.17) is 28.6 Å². The zero-order valence-electron chi connectivity index (χ0n) is 15.6. The van der Waals surface area contributed by atoms with Gasteiger partial charge in [0.1, 0.15) is 17.9 Å². The van der Waals surface area contributed by atoms with Crippen molar-refractivity contribution in [2.24, 2.45) is 0 Å². The van der Waals surface area contributed by atoms with Gasteiger partial charge in [-0.1, -0.05) is 59.3 Å². The summed E-state index contributed by atoms with van der Waals surface area (Å²) in [7, 11) is 0. The number of benzene rings is 3. The molecular formula is C22H16ClN3O2S2. The zero-order valence-corrected chi connectivity index (χ0v) is 18.0. The highest BCUT2D eigenvalue weighted by atomic mass is 35.5. The van der Waals surface area contributed by atoms with Crippen LogP contribution in [-0.4, -0.2) is 16.0 Å². The molecule has 0 aliphatic heterocycles. The average Bonchev–Trinajstić information content (AvgIpc) is 3.17. The summed E-state index contributed by atoms with van der Waals surface area (Å²) < 4.78 is 6.67. The van der Waals surface area contributed by atoms with Crippen LogP contribution in [0.4, 0.5) is 5.13 Å². The van der Waals surface area contributed by atoms with E-state index in [9.17, 15) is 4.79 Å². The molecule has 0 unspecified atom stereocenters. The number of thiazole rings is 1. The van der Waals surface area contributed by atoms with Gasteiger partial charge in [0, 0.05) is 5.56 Å². The van der Waals surface area contributed by atoms with Crippen LogP contribution in [0.5, 0.6) is 5.75 Å². The first-order valence-electron chi connectivity index (χ1n) is 9.03. The summed E-state index contributed by atoms with van der Waals surface area (Å²) in [6, 6.07) is 22.3. The van der Waals surface area contributed by atoms with E-state index in [1.54, 1.807) is 30.3 Å². The van der Waals surface area contributed by atoms with Gasteiger partial charge >= 0.3 is 0 Å². The largest absolute Gasteiger partial charge is 0.489 e. The Bertz CT molecular complexity index is 1190. The summed E-state index contributed by atoms with van der Waals surface area (Å²) >= 11 is 12.8. The van der Waals surface area contributed by atoms with Crippen molar-refractivity contribution >= 4 is 61.5 Å². The Hall–Kier alpha value is -3.00. The van der Waals surface area contributed by atoms with E-state index in [-0.39, 0.29) is 11.0 Å². The molecule has 1 amide bonds. The molecule has 0 saturated heterocycles. The van der Waals surface area contributed by atoms with Crippen molar-refractivity contribution < 1.29 is 9.53 Å². The third-order valence-corrected chi connectivity index (χ3v) is 5.63. The predicted molar refractivity (Wildman–Crippen MR) is 126 cm³/mol. The summed E-state index contributed by atoms with van der Waals surface area (Å²) in [4.78, 5) is 16.9. The number of para-hydroxylation sites is 1. The van der Waals surface area contributed by atoms with Crippen molar-refractivity contribution in [1.82, 2.24) is 10.3 Å². The number of hydrogen-bond acceptors (Lipinski definition) is 5. The molecule has 2 N–H and O–H groups in total. The maximum absolute atomic E-state index is 12.4. The van der Waals surface area contributed by atoms with Gasteiger partial charge in [-0.15, -0.1) is 0 Å². The van der Waals surface area contributed by atoms with Crippen LogP contribution in [-0.2, 0) is 6.61 Å². The Labute approximate surface area is 187 Å². The fourth-order valence-electron chi connectivity index (χ4n) is 2.72. The molecule has 0 saturated carbocycles. The Morgan fingerprint density at radius 2 is 1.80 bits per heavy atom. The lowest BCUT2D eigenvalue weighted by Gasteiger charge is -2.09. The quantitative estimate of drug-likeness (QED) is 0.382. The normalized spacial score (nSPS) is 10.6. The molecule has 0 spiro atoms. The number of ether oxygens (including phenoxy) is 1. The lowest BCUT2D eigenvalue weighted by atomic mass is 10.2. The maximum atomic E-state index is 12.4. The topological polar surface area (TPSA) is 63.2 Å². The zero-order chi connectivity index (χ0) is 20.9. The van der Waals surface area contributed by atoms with Crippen LogP contribution in [0.2, 0.25) is 5.02 Å². The molecule has 0 bridgehead atoms. The summed E-state index contributed by atoms with van der Waals surface area (Å²) in [5.41, 5.74) is 2.25. The fourth-order valence-corrected chi connectivity index (χ4v) is 4.14. The van der Waals surface area contributed by atoms with Gasteiger partial charge in [0.05, 0.1) is 9.72 Å². The number of nitrogens with zero attached hydrogens (tertiary/aromatic N) is 1. The van der Waals surface area contributed by atoms with Crippen molar-refractivity contribution in [2.75, 3.05) is 5.32 Å². The molecule has 5 nitrogen and oxygen atoms in total. The third-order valence-electron chi connectivity index (χ3n) is 4.18. The van der Waals surface area contributed by atoms with Crippen molar-refractivity contribution in [1.29, 1.82) is 0 Å². The van der Waals surface area contributed by atoms with Gasteiger partial charge in [0.15, 0.2) is 10.2 Å². The monoisotopic (exact) mass is 453 g/mol. The minimum absolute atomic E-state index is 0.166. The first-order valence-corrected chi connectivity index (χ1v) is 10.6. The van der Waals surface area contributed by atoms with Crippen molar-refractivity contribution in [3.8, 4) is 5.75 Å². The van der Waals surface area contributed by atoms with Crippen LogP contribution in [0, 0.1) is 0 Å². The molecule has 4 aromatic rings. The second kappa shape index (κ2) is 9.21. The van der Waals surface area contributed by atoms with Crippen LogP contribution >= 0.6 is 35.2 Å². The Balaban J connectivity index is 1.33. The van der Waals surface area contributed by atoms with Gasteiger partial charge in [-0.3, -0.25) is 10.1 Å². The van der Waals surface area contributed by atoms with Crippen LogP contribution in [0.3, 0.4) is 0 Å². The van der Waals surface area contributed by atoms with Gasteiger partial charge in [-0.05, 0) is 54.2 Å². The van der Waals surface area contributed by atoms with Gasteiger partial charge in [0.2, 0.25) is 0 Å². The van der Waals surface area contributed by atoms with Crippen LogP contribution in [0.1, 0.15) is 15.9 Å². The van der Waals surface area contributed by atoms with E-state index >= 15 is 0 Å². The number of aromatic nitrogens is 1. The Morgan fingerprint density at radius 3 is 2.53 bits per heavy atom. The molecule has 0 fully saturated rings. The summed E-state index contributed by atoms with van der Waals surface area (Å²) in [5.74, 6) is 0.365. The molecule has 3 aromatic carbocycles. The highest BCUT2D eigenvalue weighted by Crippen LogP contribution is 2.30. The molecule has 0 radical (unpaired) electrons. The van der Waals surface area contributed by atoms with Gasteiger partial charge in [-0.25, -0.2) is 4.98 Å². The Kier molecular flexibility index (Phi) is 6.23. The first kappa shape index (κ1) is 20.3. The molecule has 1 aromatic heterocycles. The van der Waals surface area contributed by atoms with Crippen LogP contribution in [0.15, 0.2) is 72.8 Å². The number of rotatable bonds is 5. The summed E-state index contributed by atoms with van der Waals surface area (Å²) in [6.45, 7) is 0.465. The smallest absolute Gasteiger partial charge is 0.257 e. The number of nitrogens with one attached hydrogen (secondary N) is 2. The van der Waals surface area contributed by atoms with Crippen LogP contribution in [0.25, 0.3) is 10.2 Å². The summed E-state index contributed by atoms with van der Waals surface area (Å²) in [6.07, 6.45) is 0. The molecular weight excluding hydrogens is 438 g/mol. The number of anilines is 1. The number of amides is 1. The van der Waals surface area contributed by atoms with Crippen molar-refractivity contribution in [2.45, 2.75) is 6.61 Å². The number of carbonyl (C=O) groups excluding carboxylic acids is 1. The van der Waals surface area contributed by atoms with E-state index < -0.39 is 0 Å². The third kappa shape index (κ3) is 4.94. The molecule has 4 rings (SSSR count). The molecule has 150 valence electrons. The van der Waals surface area contributed by atoms with E-state index in [1.807, 2.05) is 42.5 Å². The molecule has 0 aliphatic rings. The Morgan fingerprint density at radius 1 is 1.03 bits per heavy atom. The molecule has 0 atom stereocenters. The average molecular weight is 454 g/mol. The van der Waals surface area contributed by atoms with E-state index in [2.05, 4.69) is 15.6 Å². The molecule has 1 heterocycles. The van der Waals surface area contributed by atoms with E-state index in [1.165, 1.54) is 11.3 Å². The maximum Gasteiger partial charge on any atom is 0.257 e. The highest BCUT2D eigenvalue weighted by molar-refractivity contribution is 7.80. The number of carbonyl (C=O) groups is 1. The molecule has 0 aliphatic carbocycles. The first-order chi connectivity index (χ1) is 14.6. The molecule has 30 heavy (non-hydrogen) atoms. The SMILES string of the molecule is O=C(NC(=S)Nc1nc2c(Cl)cccc2s1)c1ccc(OCc2ccccc2)cc1. The number of fused-ring (bicyclic) bond motifs is 1. The fraction of sp³-hybridized carbons (Fsp3) is 0.0455. The van der Waals surface area contributed by atoms with E-state index in [0.29, 0.717) is 33.6 Å². The number of halogens is 1. The summed E-state index contributed by atoms with van der Waals surface area (Å²) in [5, 5.41) is 6.89. The van der Waals surface area contributed by atoms with Gasteiger partial charge in [0.25, 0.3) is 5.91 Å². The van der Waals surface area contributed by atoms with Crippen LogP contribution < -0.4 is 15.4 Å². The van der Waals surface area contributed by atoms with E-state index in [0.717, 1.165) is 10.3 Å². The molecule has 8 heteroatoms. The van der Waals surface area contributed by atoms with Gasteiger partial charge in [-0.2, -0.15) is 0 Å². The van der Waals surface area contributed by atoms with Gasteiger partial charge < -0.3 is 10.1 Å². The second-order valence-electron chi connectivity index (χ2n) is 6.31. The van der Waals surface area contributed by atoms with Crippen molar-refractivity contribution in [3.05, 3.63) is 88.9 Å². The number of thiocarbonyl (C=S) groups is 1. The number of hydrogen-bond donors (Lipinski definition) is 2. The standard InChI is InChI=1S/C22H16ClN3O2S2/c23-17-7-4-8-18-19(17)24-22(30-18)26-21(29)25-20(27)15-9-11-16(12-10-15)28-13-14-5-2-1-3-6-14/h1-12H,13H2,(H2,24,25,26,27,29). The second-order valence-corrected chi connectivity index (χ2v) is 8.16. The minimum Gasteiger partial charge on any atom is -0.489 e.